The molecule has 1 aliphatic rings. The number of ether oxygens (including phenoxy) is 2. The summed E-state index contributed by atoms with van der Waals surface area (Å²) in [6, 6.07) is 11.5. The number of unbranched alkanes of at least 4 members (excludes halogenated alkanes) is 1. The molecule has 181 valence electrons. The molecular weight excluding hydrogens is 422 g/mol. The van der Waals surface area contributed by atoms with E-state index >= 15 is 0 Å². The van der Waals surface area contributed by atoms with Gasteiger partial charge in [-0.05, 0) is 54.5 Å². The molecule has 0 amide bonds. The van der Waals surface area contributed by atoms with E-state index in [-0.39, 0.29) is 0 Å². The number of aryl methyl sites for hydroxylation is 1. The van der Waals surface area contributed by atoms with E-state index in [1.165, 1.54) is 23.3 Å². The monoisotopic (exact) mass is 459 g/mol. The first-order valence-electron chi connectivity index (χ1n) is 12.1. The number of hydrogen-bond donors (Lipinski definition) is 2. The molecule has 6 heteroatoms. The van der Waals surface area contributed by atoms with Gasteiger partial charge in [-0.15, -0.1) is 0 Å². The third-order valence-electron chi connectivity index (χ3n) is 6.23. The molecule has 1 fully saturated rings. The Labute approximate surface area is 196 Å². The van der Waals surface area contributed by atoms with Crippen molar-refractivity contribution in [3.63, 3.8) is 0 Å². The van der Waals surface area contributed by atoms with Crippen LogP contribution in [0.3, 0.4) is 0 Å². The quantitative estimate of drug-likeness (QED) is 0.426. The molecule has 1 heterocycles. The highest BCUT2D eigenvalue weighted by Gasteiger charge is 2.46. The Morgan fingerprint density at radius 2 is 1.76 bits per heavy atom. The second-order valence-electron chi connectivity index (χ2n) is 8.76. The molecule has 0 spiro atoms. The minimum absolute atomic E-state index is 0.463. The van der Waals surface area contributed by atoms with Gasteiger partial charge >= 0.3 is 0 Å². The zero-order valence-corrected chi connectivity index (χ0v) is 19.8. The van der Waals surface area contributed by atoms with Crippen molar-refractivity contribution in [2.75, 3.05) is 19.8 Å². The van der Waals surface area contributed by atoms with Crippen molar-refractivity contribution in [1.82, 2.24) is 5.32 Å². The summed E-state index contributed by atoms with van der Waals surface area (Å²) >= 11 is 0. The Kier molecular flexibility index (Phi) is 9.80. The van der Waals surface area contributed by atoms with Gasteiger partial charge in [-0.25, -0.2) is 8.78 Å². The first-order valence-corrected chi connectivity index (χ1v) is 12.1. The summed E-state index contributed by atoms with van der Waals surface area (Å²) in [5, 5.41) is 3.41. The second-order valence-corrected chi connectivity index (χ2v) is 8.76. The van der Waals surface area contributed by atoms with Crippen LogP contribution in [0.5, 0.6) is 0 Å². The molecule has 4 nitrogen and oxygen atoms in total. The topological polar surface area (TPSA) is 56.5 Å². The van der Waals surface area contributed by atoms with E-state index in [9.17, 15) is 8.78 Å². The summed E-state index contributed by atoms with van der Waals surface area (Å²) in [6.45, 7) is 6.57. The SMILES string of the molecule is CCCCC1(C(c2cc(F)cc(F)c2)[C@@H](N)[CH]CNCc2cccc(CC)c2)OCCCO1. The lowest BCUT2D eigenvalue weighted by atomic mass is 9.80. The highest BCUT2D eigenvalue weighted by molar-refractivity contribution is 5.28. The van der Waals surface area contributed by atoms with Crippen molar-refractivity contribution in [3.05, 3.63) is 77.2 Å². The maximum Gasteiger partial charge on any atom is 0.176 e. The van der Waals surface area contributed by atoms with Crippen molar-refractivity contribution in [2.45, 2.75) is 70.2 Å². The van der Waals surface area contributed by atoms with E-state index < -0.39 is 29.4 Å². The lowest BCUT2D eigenvalue weighted by Crippen LogP contribution is -2.52. The second kappa shape index (κ2) is 12.6. The highest BCUT2D eigenvalue weighted by Crippen LogP contribution is 2.41. The van der Waals surface area contributed by atoms with Crippen molar-refractivity contribution in [2.24, 2.45) is 5.73 Å². The zero-order valence-electron chi connectivity index (χ0n) is 19.8. The number of nitrogens with one attached hydrogen (secondary N) is 1. The van der Waals surface area contributed by atoms with E-state index in [0.29, 0.717) is 38.3 Å². The third kappa shape index (κ3) is 7.06. The third-order valence-corrected chi connectivity index (χ3v) is 6.23. The van der Waals surface area contributed by atoms with Gasteiger partial charge in [0.05, 0.1) is 19.1 Å². The average molecular weight is 460 g/mol. The molecule has 2 aromatic carbocycles. The van der Waals surface area contributed by atoms with Gasteiger partial charge in [-0.2, -0.15) is 0 Å². The molecule has 0 saturated carbocycles. The van der Waals surface area contributed by atoms with Crippen LogP contribution < -0.4 is 11.1 Å². The van der Waals surface area contributed by atoms with E-state index in [1.807, 2.05) is 6.42 Å². The van der Waals surface area contributed by atoms with Crippen LogP contribution in [0.4, 0.5) is 8.78 Å². The molecule has 0 bridgehead atoms. The summed E-state index contributed by atoms with van der Waals surface area (Å²) in [5.74, 6) is -2.78. The van der Waals surface area contributed by atoms with Crippen molar-refractivity contribution in [1.29, 1.82) is 0 Å². The standard InChI is InChI=1S/C27H37F2N2O2/c1-3-5-11-27(32-13-7-14-33-27)26(22-16-23(28)18-24(29)17-22)25(30)10-12-31-19-21-9-6-8-20(4-2)15-21/h6,8-10,15-18,25-26,31H,3-5,7,11-14,19,30H2,1-2H3/t25-,26?/m0/s1. The predicted molar refractivity (Wildman–Crippen MR) is 128 cm³/mol. The fraction of sp³-hybridized carbons (Fsp3) is 0.519. The molecule has 1 unspecified atom stereocenters. The molecule has 3 N–H and O–H groups in total. The molecular formula is C27H37F2N2O2. The fourth-order valence-electron chi connectivity index (χ4n) is 4.55. The van der Waals surface area contributed by atoms with Gasteiger partial charge in [0, 0.05) is 31.6 Å². The number of rotatable bonds is 12. The van der Waals surface area contributed by atoms with Crippen molar-refractivity contribution in [3.8, 4) is 0 Å². The van der Waals surface area contributed by atoms with Gasteiger partial charge in [0.15, 0.2) is 5.79 Å². The van der Waals surface area contributed by atoms with Crippen LogP contribution in [0.25, 0.3) is 0 Å². The van der Waals surface area contributed by atoms with Crippen LogP contribution in [-0.2, 0) is 22.4 Å². The largest absolute Gasteiger partial charge is 0.349 e. The molecule has 2 aromatic rings. The molecule has 0 aliphatic carbocycles. The Morgan fingerprint density at radius 3 is 2.42 bits per heavy atom. The van der Waals surface area contributed by atoms with Gasteiger partial charge in [-0.3, -0.25) is 0 Å². The van der Waals surface area contributed by atoms with Crippen LogP contribution in [0, 0.1) is 18.1 Å². The minimum Gasteiger partial charge on any atom is -0.349 e. The van der Waals surface area contributed by atoms with E-state index in [1.54, 1.807) is 0 Å². The Hall–Kier alpha value is -1.86. The van der Waals surface area contributed by atoms with Crippen LogP contribution in [0.1, 0.15) is 62.1 Å². The van der Waals surface area contributed by atoms with Crippen molar-refractivity contribution < 1.29 is 18.3 Å². The van der Waals surface area contributed by atoms with Gasteiger partial charge in [-0.1, -0.05) is 44.5 Å². The highest BCUT2D eigenvalue weighted by atomic mass is 19.1. The molecule has 1 saturated heterocycles. The first kappa shape index (κ1) is 25.8. The molecule has 2 atom stereocenters. The molecule has 1 radical (unpaired) electrons. The van der Waals surface area contributed by atoms with Crippen molar-refractivity contribution >= 4 is 0 Å². The molecule has 1 aliphatic heterocycles. The number of nitrogens with two attached hydrogens (primary N) is 1. The van der Waals surface area contributed by atoms with Gasteiger partial charge in [0.25, 0.3) is 0 Å². The Bertz CT molecular complexity index is 851. The maximum absolute atomic E-state index is 14.2. The Morgan fingerprint density at radius 1 is 1.06 bits per heavy atom. The van der Waals surface area contributed by atoms with E-state index in [2.05, 4.69) is 43.4 Å². The van der Waals surface area contributed by atoms with Gasteiger partial charge < -0.3 is 20.5 Å². The fourth-order valence-corrected chi connectivity index (χ4v) is 4.55. The number of hydrogen-bond acceptors (Lipinski definition) is 4. The van der Waals surface area contributed by atoms with Crippen LogP contribution >= 0.6 is 0 Å². The summed E-state index contributed by atoms with van der Waals surface area (Å²) < 4.78 is 40.7. The van der Waals surface area contributed by atoms with Crippen LogP contribution in [-0.4, -0.2) is 31.6 Å². The van der Waals surface area contributed by atoms with Crippen LogP contribution in [0.2, 0.25) is 0 Å². The first-order chi connectivity index (χ1) is 16.0. The number of benzene rings is 2. The summed E-state index contributed by atoms with van der Waals surface area (Å²) in [6.07, 6.45) is 6.17. The van der Waals surface area contributed by atoms with Crippen LogP contribution in [0.15, 0.2) is 42.5 Å². The zero-order chi connectivity index (χ0) is 23.7. The summed E-state index contributed by atoms with van der Waals surface area (Å²) in [7, 11) is 0. The lowest BCUT2D eigenvalue weighted by Gasteiger charge is -2.45. The maximum atomic E-state index is 14.2. The average Bonchev–Trinajstić information content (AvgIpc) is 2.81. The molecule has 3 rings (SSSR count). The smallest absolute Gasteiger partial charge is 0.176 e. The molecule has 33 heavy (non-hydrogen) atoms. The van der Waals surface area contributed by atoms with Gasteiger partial charge in [0.2, 0.25) is 0 Å². The predicted octanol–water partition coefficient (Wildman–Crippen LogP) is 5.26. The summed E-state index contributed by atoms with van der Waals surface area (Å²) in [5.41, 5.74) is 9.63. The summed E-state index contributed by atoms with van der Waals surface area (Å²) in [4.78, 5) is 0. The van der Waals surface area contributed by atoms with E-state index in [0.717, 1.165) is 31.7 Å². The minimum atomic E-state index is -1.00. The lowest BCUT2D eigenvalue weighted by molar-refractivity contribution is -0.284. The normalized spacial score (nSPS) is 17.6. The van der Waals surface area contributed by atoms with E-state index in [4.69, 9.17) is 15.2 Å². The van der Waals surface area contributed by atoms with Gasteiger partial charge in [0.1, 0.15) is 11.6 Å². The Balaban J connectivity index is 1.76. The molecule has 0 aromatic heterocycles. The number of halogens is 2.